The lowest BCUT2D eigenvalue weighted by atomic mass is 10.0. The predicted octanol–water partition coefficient (Wildman–Crippen LogP) is 4.26. The van der Waals surface area contributed by atoms with Crippen LogP contribution in [0.5, 0.6) is 0 Å². The zero-order valence-corrected chi connectivity index (χ0v) is 20.6. The van der Waals surface area contributed by atoms with E-state index in [-0.39, 0.29) is 11.9 Å². The Kier molecular flexibility index (Phi) is 6.73. The van der Waals surface area contributed by atoms with Crippen molar-refractivity contribution in [2.24, 2.45) is 0 Å². The number of hydrogen-bond acceptors (Lipinski definition) is 8. The Morgan fingerprint density at radius 2 is 1.91 bits per heavy atom. The predicted molar refractivity (Wildman–Crippen MR) is 124 cm³/mol. The summed E-state index contributed by atoms with van der Waals surface area (Å²) >= 11 is 1.55. The molecule has 0 aromatic carbocycles. The van der Waals surface area contributed by atoms with Crippen molar-refractivity contribution in [3.63, 3.8) is 0 Å². The summed E-state index contributed by atoms with van der Waals surface area (Å²) < 4.78 is 5.33. The van der Waals surface area contributed by atoms with E-state index in [0.717, 1.165) is 28.5 Å². The Morgan fingerprint density at radius 1 is 1.19 bits per heavy atom. The highest BCUT2D eigenvalue weighted by atomic mass is 32.1. The Balaban J connectivity index is 1.78. The largest absolute Gasteiger partial charge is 0.444 e. The van der Waals surface area contributed by atoms with E-state index in [0.29, 0.717) is 18.2 Å². The van der Waals surface area contributed by atoms with E-state index in [4.69, 9.17) is 4.74 Å². The number of aryl methyl sites for hydroxylation is 2. The number of thiazole rings is 1. The van der Waals surface area contributed by atoms with Gasteiger partial charge in [-0.05, 0) is 61.3 Å². The molecule has 0 bridgehead atoms. The third-order valence-electron chi connectivity index (χ3n) is 4.92. The first kappa shape index (κ1) is 23.9. The van der Waals surface area contributed by atoms with E-state index in [2.05, 4.69) is 25.6 Å². The zero-order chi connectivity index (χ0) is 23.7. The molecule has 0 saturated carbocycles. The number of hydrogen-bond donors (Lipinski definition) is 2. The zero-order valence-electron chi connectivity index (χ0n) is 19.8. The van der Waals surface area contributed by atoms with Crippen LogP contribution in [0.3, 0.4) is 0 Å². The number of nitrogens with zero attached hydrogens (tertiary/aromatic N) is 4. The highest BCUT2D eigenvalue weighted by molar-refractivity contribution is 7.15. The summed E-state index contributed by atoms with van der Waals surface area (Å²) in [5.74, 6) is 1.09. The van der Waals surface area contributed by atoms with Crippen LogP contribution in [0.2, 0.25) is 0 Å². The topological polar surface area (TPSA) is 109 Å². The van der Waals surface area contributed by atoms with Crippen LogP contribution < -0.4 is 10.6 Å². The van der Waals surface area contributed by atoms with Crippen LogP contribution in [0.1, 0.15) is 69.9 Å². The first-order valence-electron chi connectivity index (χ1n) is 10.7. The second-order valence-corrected chi connectivity index (χ2v) is 10.8. The molecule has 10 heteroatoms. The van der Waals surface area contributed by atoms with Crippen molar-refractivity contribution < 1.29 is 14.3 Å². The molecule has 32 heavy (non-hydrogen) atoms. The molecule has 174 valence electrons. The second-order valence-electron chi connectivity index (χ2n) is 9.53. The third-order valence-corrected chi connectivity index (χ3v) is 5.75. The Hall–Kier alpha value is -2.75. The van der Waals surface area contributed by atoms with Gasteiger partial charge in [0.15, 0.2) is 5.13 Å². The molecule has 1 aliphatic rings. The molecule has 2 N–H and O–H groups in total. The molecule has 1 saturated heterocycles. The lowest BCUT2D eigenvalue weighted by molar-refractivity contribution is -0.138. The molecule has 3 rings (SSSR count). The van der Waals surface area contributed by atoms with Crippen molar-refractivity contribution in [3.05, 3.63) is 28.7 Å². The van der Waals surface area contributed by atoms with Crippen molar-refractivity contribution in [2.75, 3.05) is 11.9 Å². The van der Waals surface area contributed by atoms with Crippen LogP contribution in [0.15, 0.2) is 12.3 Å². The highest BCUT2D eigenvalue weighted by Crippen LogP contribution is 2.34. The summed E-state index contributed by atoms with van der Waals surface area (Å²) in [5, 5.41) is 6.70. The molecule has 9 nitrogen and oxygen atoms in total. The number of anilines is 2. The van der Waals surface area contributed by atoms with Gasteiger partial charge in [-0.3, -0.25) is 4.79 Å². The van der Waals surface area contributed by atoms with Gasteiger partial charge in [-0.25, -0.2) is 19.7 Å². The SMILES string of the molecule is Cc1nc(Nc2ncc(C)s2)cc(C2CCCN2C(=O)C(C)(C)NC(=O)OC(C)(C)C)n1. The van der Waals surface area contributed by atoms with Gasteiger partial charge in [0.2, 0.25) is 5.91 Å². The maximum atomic E-state index is 13.4. The van der Waals surface area contributed by atoms with Crippen LogP contribution >= 0.6 is 11.3 Å². The fraction of sp³-hybridized carbons (Fsp3) is 0.591. The highest BCUT2D eigenvalue weighted by Gasteiger charge is 2.40. The molecular formula is C22H32N6O3S. The molecule has 2 amide bonds. The minimum Gasteiger partial charge on any atom is -0.444 e. The van der Waals surface area contributed by atoms with Crippen molar-refractivity contribution in [1.29, 1.82) is 0 Å². The fourth-order valence-corrected chi connectivity index (χ4v) is 4.31. The van der Waals surface area contributed by atoms with E-state index in [1.54, 1.807) is 57.1 Å². The number of likely N-dealkylation sites (tertiary alicyclic amines) is 1. The molecule has 1 fully saturated rings. The standard InChI is InChI=1S/C22H32N6O3S/c1-13-12-23-19(32-13)26-17-11-15(24-14(2)25-17)16-9-8-10-28(16)18(29)22(6,7)27-20(30)31-21(3,4)5/h11-12,16H,8-10H2,1-7H3,(H,27,30)(H,23,24,25,26). The summed E-state index contributed by atoms with van der Waals surface area (Å²) in [6.07, 6.45) is 2.84. The van der Waals surface area contributed by atoms with E-state index >= 15 is 0 Å². The number of alkyl carbamates (subject to hydrolysis) is 1. The molecule has 3 heterocycles. The number of nitrogens with one attached hydrogen (secondary N) is 2. The van der Waals surface area contributed by atoms with Gasteiger partial charge in [0, 0.05) is 23.7 Å². The van der Waals surface area contributed by atoms with Crippen molar-refractivity contribution in [1.82, 2.24) is 25.2 Å². The molecule has 0 aliphatic carbocycles. The minimum atomic E-state index is -1.12. The maximum absolute atomic E-state index is 13.4. The molecular weight excluding hydrogens is 428 g/mol. The summed E-state index contributed by atoms with van der Waals surface area (Å²) in [6.45, 7) is 13.2. The second kappa shape index (κ2) is 9.01. The van der Waals surface area contributed by atoms with Gasteiger partial charge in [-0.2, -0.15) is 0 Å². The van der Waals surface area contributed by atoms with Gasteiger partial charge in [-0.1, -0.05) is 0 Å². The minimum absolute atomic E-state index is 0.174. The van der Waals surface area contributed by atoms with Gasteiger partial charge in [0.05, 0.1) is 11.7 Å². The summed E-state index contributed by atoms with van der Waals surface area (Å²) in [7, 11) is 0. The Morgan fingerprint density at radius 3 is 2.53 bits per heavy atom. The molecule has 0 radical (unpaired) electrons. The number of amides is 2. The molecule has 0 spiro atoms. The Bertz CT molecular complexity index is 998. The average molecular weight is 461 g/mol. The van der Waals surface area contributed by atoms with E-state index in [9.17, 15) is 9.59 Å². The first-order chi connectivity index (χ1) is 14.8. The van der Waals surface area contributed by atoms with Crippen LogP contribution in [-0.2, 0) is 9.53 Å². The number of aromatic nitrogens is 3. The lowest BCUT2D eigenvalue weighted by Gasteiger charge is -2.34. The van der Waals surface area contributed by atoms with Gasteiger partial charge in [0.25, 0.3) is 0 Å². The first-order valence-corrected chi connectivity index (χ1v) is 11.5. The van der Waals surface area contributed by atoms with Gasteiger partial charge in [-0.15, -0.1) is 11.3 Å². The monoisotopic (exact) mass is 460 g/mol. The molecule has 1 aliphatic heterocycles. The van der Waals surface area contributed by atoms with E-state index in [1.807, 2.05) is 19.9 Å². The number of rotatable bonds is 5. The summed E-state index contributed by atoms with van der Waals surface area (Å²) in [6, 6.07) is 1.68. The van der Waals surface area contributed by atoms with Gasteiger partial charge >= 0.3 is 6.09 Å². The number of ether oxygens (including phenoxy) is 1. The van der Waals surface area contributed by atoms with Gasteiger partial charge in [0.1, 0.15) is 22.8 Å². The van der Waals surface area contributed by atoms with Crippen LogP contribution in [0.4, 0.5) is 15.7 Å². The fourth-order valence-electron chi connectivity index (χ4n) is 3.64. The normalized spacial score (nSPS) is 16.7. The van der Waals surface area contributed by atoms with E-state index in [1.165, 1.54) is 0 Å². The number of carbonyl (C=O) groups is 2. The van der Waals surface area contributed by atoms with Crippen LogP contribution in [0, 0.1) is 13.8 Å². The third kappa shape index (κ3) is 5.93. The summed E-state index contributed by atoms with van der Waals surface area (Å²) in [4.78, 5) is 42.0. The van der Waals surface area contributed by atoms with Crippen molar-refractivity contribution in [3.8, 4) is 0 Å². The molecule has 2 aromatic heterocycles. The quantitative estimate of drug-likeness (QED) is 0.686. The smallest absolute Gasteiger partial charge is 0.408 e. The molecule has 1 unspecified atom stereocenters. The van der Waals surface area contributed by atoms with Crippen molar-refractivity contribution >= 4 is 34.3 Å². The Labute approximate surface area is 193 Å². The number of carbonyl (C=O) groups excluding carboxylic acids is 2. The van der Waals surface area contributed by atoms with E-state index < -0.39 is 17.2 Å². The average Bonchev–Trinajstić information content (AvgIpc) is 3.27. The van der Waals surface area contributed by atoms with Crippen LogP contribution in [-0.4, -0.2) is 49.5 Å². The maximum Gasteiger partial charge on any atom is 0.408 e. The van der Waals surface area contributed by atoms with Crippen molar-refractivity contribution in [2.45, 2.75) is 78.5 Å². The summed E-state index contributed by atoms with van der Waals surface area (Å²) in [5.41, 5.74) is -0.990. The lowest BCUT2D eigenvalue weighted by Crippen LogP contribution is -2.56. The molecule has 2 aromatic rings. The van der Waals surface area contributed by atoms with Crippen LogP contribution in [0.25, 0.3) is 0 Å². The van der Waals surface area contributed by atoms with Gasteiger partial charge < -0.3 is 20.3 Å². The molecule has 1 atom stereocenters.